The first-order valence-electron chi connectivity index (χ1n) is 12.5. The highest BCUT2D eigenvalue weighted by Gasteiger charge is 2.29. The minimum Gasteiger partial charge on any atom is -0.492 e. The quantitative estimate of drug-likeness (QED) is 0.245. The molecule has 1 amide bonds. The number of para-hydroxylation sites is 3. The van der Waals surface area contributed by atoms with Crippen LogP contribution in [0.15, 0.2) is 116 Å². The SMILES string of the molecule is CCOc1ccccc1NC(=O)[C@H](OC(=O)c1cn(-c2ccccc2)nc1-c1cccnc1)c1ccccc1. The van der Waals surface area contributed by atoms with Crippen molar-refractivity contribution in [3.63, 3.8) is 0 Å². The minimum absolute atomic E-state index is 0.204. The summed E-state index contributed by atoms with van der Waals surface area (Å²) in [6.45, 7) is 2.30. The highest BCUT2D eigenvalue weighted by molar-refractivity contribution is 6.01. The summed E-state index contributed by atoms with van der Waals surface area (Å²) in [6.07, 6.45) is 3.64. The molecule has 3 aromatic carbocycles. The van der Waals surface area contributed by atoms with Crippen LogP contribution in [-0.4, -0.2) is 33.2 Å². The van der Waals surface area contributed by atoms with Crippen LogP contribution in [0.1, 0.15) is 28.9 Å². The smallest absolute Gasteiger partial charge is 0.343 e. The number of pyridine rings is 1. The van der Waals surface area contributed by atoms with Gasteiger partial charge in [-0.3, -0.25) is 9.78 Å². The maximum atomic E-state index is 13.7. The molecule has 0 aliphatic heterocycles. The molecule has 0 saturated carbocycles. The van der Waals surface area contributed by atoms with Crippen LogP contribution in [0, 0.1) is 0 Å². The third kappa shape index (κ3) is 5.86. The Balaban J connectivity index is 1.50. The molecular weight excluding hydrogens is 492 g/mol. The largest absolute Gasteiger partial charge is 0.492 e. The number of rotatable bonds is 9. The molecule has 8 nitrogen and oxygen atoms in total. The van der Waals surface area contributed by atoms with Crippen molar-refractivity contribution in [1.82, 2.24) is 14.8 Å². The Bertz CT molecular complexity index is 1550. The molecule has 194 valence electrons. The molecule has 2 heterocycles. The lowest BCUT2D eigenvalue weighted by Crippen LogP contribution is -2.26. The molecule has 1 N–H and O–H groups in total. The molecular formula is C31H26N4O4. The number of esters is 1. The summed E-state index contributed by atoms with van der Waals surface area (Å²) in [5.74, 6) is -0.687. The Morgan fingerprint density at radius 3 is 2.33 bits per heavy atom. The Morgan fingerprint density at radius 1 is 0.897 bits per heavy atom. The molecule has 0 radical (unpaired) electrons. The number of aromatic nitrogens is 3. The summed E-state index contributed by atoms with van der Waals surface area (Å²) in [4.78, 5) is 31.4. The number of ether oxygens (including phenoxy) is 2. The van der Waals surface area contributed by atoms with Crippen molar-refractivity contribution in [3.05, 3.63) is 127 Å². The molecule has 0 fully saturated rings. The van der Waals surface area contributed by atoms with Crippen LogP contribution < -0.4 is 10.1 Å². The molecule has 2 aromatic heterocycles. The number of benzene rings is 3. The van der Waals surface area contributed by atoms with Crippen LogP contribution in [-0.2, 0) is 9.53 Å². The lowest BCUT2D eigenvalue weighted by atomic mass is 10.1. The lowest BCUT2D eigenvalue weighted by Gasteiger charge is -2.19. The zero-order valence-electron chi connectivity index (χ0n) is 21.2. The zero-order chi connectivity index (χ0) is 27.0. The summed E-state index contributed by atoms with van der Waals surface area (Å²) >= 11 is 0. The molecule has 8 heteroatoms. The monoisotopic (exact) mass is 518 g/mol. The number of carbonyl (C=O) groups excluding carboxylic acids is 2. The maximum absolute atomic E-state index is 13.7. The van der Waals surface area contributed by atoms with Gasteiger partial charge in [0.25, 0.3) is 5.91 Å². The Labute approximate surface area is 225 Å². The van der Waals surface area contributed by atoms with E-state index >= 15 is 0 Å². The van der Waals surface area contributed by atoms with Gasteiger partial charge in [-0.1, -0.05) is 60.7 Å². The maximum Gasteiger partial charge on any atom is 0.343 e. The fraction of sp³-hybridized carbons (Fsp3) is 0.0968. The Kier molecular flexibility index (Phi) is 7.73. The number of hydrogen-bond donors (Lipinski definition) is 1. The Hall–Kier alpha value is -5.24. The number of hydrogen-bond acceptors (Lipinski definition) is 6. The second-order valence-corrected chi connectivity index (χ2v) is 8.53. The third-order valence-electron chi connectivity index (χ3n) is 5.90. The minimum atomic E-state index is -1.23. The molecule has 0 saturated heterocycles. The predicted molar refractivity (Wildman–Crippen MR) is 148 cm³/mol. The first kappa shape index (κ1) is 25.4. The van der Waals surface area contributed by atoms with Crippen molar-refractivity contribution in [1.29, 1.82) is 0 Å². The zero-order valence-corrected chi connectivity index (χ0v) is 21.2. The summed E-state index contributed by atoms with van der Waals surface area (Å²) < 4.78 is 13.2. The second kappa shape index (κ2) is 11.9. The van der Waals surface area contributed by atoms with Gasteiger partial charge in [0.05, 0.1) is 18.0 Å². The van der Waals surface area contributed by atoms with Gasteiger partial charge in [0.15, 0.2) is 0 Å². The fourth-order valence-corrected chi connectivity index (χ4v) is 4.07. The van der Waals surface area contributed by atoms with Gasteiger partial charge < -0.3 is 14.8 Å². The summed E-state index contributed by atoms with van der Waals surface area (Å²) in [5, 5.41) is 7.51. The number of nitrogens with one attached hydrogen (secondary N) is 1. The Morgan fingerprint density at radius 2 is 1.62 bits per heavy atom. The van der Waals surface area contributed by atoms with Crippen LogP contribution in [0.4, 0.5) is 5.69 Å². The van der Waals surface area contributed by atoms with Gasteiger partial charge in [-0.05, 0) is 43.3 Å². The van der Waals surface area contributed by atoms with E-state index in [1.165, 1.54) is 0 Å². The average Bonchev–Trinajstić information content (AvgIpc) is 3.44. The van der Waals surface area contributed by atoms with E-state index in [0.717, 1.165) is 5.69 Å². The van der Waals surface area contributed by atoms with Crippen LogP contribution in [0.2, 0.25) is 0 Å². The van der Waals surface area contributed by atoms with Crippen molar-refractivity contribution in [2.24, 2.45) is 0 Å². The third-order valence-corrected chi connectivity index (χ3v) is 5.90. The van der Waals surface area contributed by atoms with Crippen molar-refractivity contribution in [2.45, 2.75) is 13.0 Å². The van der Waals surface area contributed by atoms with E-state index in [1.54, 1.807) is 71.8 Å². The van der Waals surface area contributed by atoms with Crippen molar-refractivity contribution < 1.29 is 19.1 Å². The number of nitrogens with zero attached hydrogens (tertiary/aromatic N) is 3. The topological polar surface area (TPSA) is 95.3 Å². The molecule has 5 rings (SSSR count). The van der Waals surface area contributed by atoms with Gasteiger partial charge in [0.2, 0.25) is 6.10 Å². The van der Waals surface area contributed by atoms with Crippen LogP contribution in [0.25, 0.3) is 16.9 Å². The van der Waals surface area contributed by atoms with E-state index in [1.807, 2.05) is 55.5 Å². The highest BCUT2D eigenvalue weighted by atomic mass is 16.5. The first-order chi connectivity index (χ1) is 19.1. The number of carbonyl (C=O) groups is 2. The second-order valence-electron chi connectivity index (χ2n) is 8.53. The van der Waals surface area contributed by atoms with Crippen LogP contribution in [0.3, 0.4) is 0 Å². The van der Waals surface area contributed by atoms with Gasteiger partial charge >= 0.3 is 5.97 Å². The summed E-state index contributed by atoms with van der Waals surface area (Å²) in [7, 11) is 0. The van der Waals surface area contributed by atoms with Crippen molar-refractivity contribution in [2.75, 3.05) is 11.9 Å². The molecule has 0 aliphatic carbocycles. The van der Waals surface area contributed by atoms with Crippen molar-refractivity contribution in [3.8, 4) is 22.7 Å². The van der Waals surface area contributed by atoms with Gasteiger partial charge in [-0.15, -0.1) is 0 Å². The molecule has 0 bridgehead atoms. The van der Waals surface area contributed by atoms with E-state index in [4.69, 9.17) is 9.47 Å². The van der Waals surface area contributed by atoms with Gasteiger partial charge in [0, 0.05) is 29.7 Å². The average molecular weight is 519 g/mol. The van der Waals surface area contributed by atoms with E-state index in [0.29, 0.717) is 34.9 Å². The number of amides is 1. The highest BCUT2D eigenvalue weighted by Crippen LogP contribution is 2.29. The van der Waals surface area contributed by atoms with Gasteiger partial charge in [-0.2, -0.15) is 5.10 Å². The molecule has 0 unspecified atom stereocenters. The normalized spacial score (nSPS) is 11.4. The van der Waals surface area contributed by atoms with Gasteiger partial charge in [0.1, 0.15) is 17.0 Å². The van der Waals surface area contributed by atoms with Crippen LogP contribution in [0.5, 0.6) is 5.75 Å². The van der Waals surface area contributed by atoms with Gasteiger partial charge in [-0.25, -0.2) is 9.48 Å². The van der Waals surface area contributed by atoms with E-state index in [9.17, 15) is 9.59 Å². The predicted octanol–water partition coefficient (Wildman–Crippen LogP) is 5.87. The van der Waals surface area contributed by atoms with Crippen LogP contribution >= 0.6 is 0 Å². The fourth-order valence-electron chi connectivity index (χ4n) is 4.07. The van der Waals surface area contributed by atoms with E-state index < -0.39 is 18.0 Å². The molecule has 5 aromatic rings. The molecule has 0 spiro atoms. The number of anilines is 1. The molecule has 1 atom stereocenters. The molecule has 39 heavy (non-hydrogen) atoms. The van der Waals surface area contributed by atoms with E-state index in [2.05, 4.69) is 15.4 Å². The first-order valence-corrected chi connectivity index (χ1v) is 12.5. The van der Waals surface area contributed by atoms with Crippen molar-refractivity contribution >= 4 is 17.6 Å². The summed E-state index contributed by atoms with van der Waals surface area (Å²) in [6, 6.07) is 29.0. The standard InChI is InChI=1S/C31H26N4O4/c1-2-38-27-18-10-9-17-26(27)33-30(36)29(22-12-5-3-6-13-22)39-31(37)25-21-35(24-15-7-4-8-16-24)34-28(25)23-14-11-19-32-20-23/h3-21,29H,2H2,1H3,(H,33,36)/t29-/m1/s1. The molecule has 0 aliphatic rings. The van der Waals surface area contributed by atoms with E-state index in [-0.39, 0.29) is 5.56 Å². The summed E-state index contributed by atoms with van der Waals surface area (Å²) in [5.41, 5.74) is 3.02. The lowest BCUT2D eigenvalue weighted by molar-refractivity contribution is -0.125.